The van der Waals surface area contributed by atoms with Gasteiger partial charge in [0.15, 0.2) is 5.96 Å². The summed E-state index contributed by atoms with van der Waals surface area (Å²) in [5, 5.41) is 16.7. The second-order valence-electron chi connectivity index (χ2n) is 5.50. The third kappa shape index (κ3) is 7.29. The molecule has 0 aliphatic carbocycles. The lowest BCUT2D eigenvalue weighted by Crippen LogP contribution is -2.38. The molecule has 0 aliphatic rings. The van der Waals surface area contributed by atoms with Crippen molar-refractivity contribution < 1.29 is 9.84 Å². The molecule has 0 saturated heterocycles. The molecule has 142 valence electrons. The summed E-state index contributed by atoms with van der Waals surface area (Å²) in [6.45, 7) is 3.99. The lowest BCUT2D eigenvalue weighted by Gasteiger charge is -2.12. The average Bonchev–Trinajstić information content (AvgIpc) is 2.61. The van der Waals surface area contributed by atoms with Gasteiger partial charge < -0.3 is 20.5 Å². The van der Waals surface area contributed by atoms with Gasteiger partial charge in [-0.05, 0) is 48.7 Å². The lowest BCUT2D eigenvalue weighted by molar-refractivity contribution is 0.414. The number of nitrogens with one attached hydrogen (secondary N) is 2. The van der Waals surface area contributed by atoms with Crippen molar-refractivity contribution in [3.05, 3.63) is 58.6 Å². The molecular weight excluding hydrogens is 465 g/mol. The predicted octanol–water partition coefficient (Wildman–Crippen LogP) is 3.97. The zero-order chi connectivity index (χ0) is 18.1. The van der Waals surface area contributed by atoms with Crippen LogP contribution in [-0.4, -0.2) is 31.3 Å². The third-order valence-electron chi connectivity index (χ3n) is 3.62. The maximum absolute atomic E-state index is 9.51. The van der Waals surface area contributed by atoms with Crippen molar-refractivity contribution in [2.75, 3.05) is 20.2 Å². The van der Waals surface area contributed by atoms with E-state index in [4.69, 9.17) is 16.3 Å². The number of hydrogen-bond acceptors (Lipinski definition) is 3. The maximum Gasteiger partial charge on any atom is 0.191 e. The van der Waals surface area contributed by atoms with Crippen LogP contribution in [0.3, 0.4) is 0 Å². The second-order valence-corrected chi connectivity index (χ2v) is 5.91. The van der Waals surface area contributed by atoms with Crippen LogP contribution in [0.1, 0.15) is 18.1 Å². The van der Waals surface area contributed by atoms with Crippen molar-refractivity contribution in [3.8, 4) is 11.5 Å². The Labute approximate surface area is 176 Å². The molecule has 0 amide bonds. The smallest absolute Gasteiger partial charge is 0.191 e. The van der Waals surface area contributed by atoms with Gasteiger partial charge in [-0.1, -0.05) is 29.8 Å². The fourth-order valence-electron chi connectivity index (χ4n) is 2.34. The minimum Gasteiger partial charge on any atom is -0.508 e. The van der Waals surface area contributed by atoms with E-state index in [1.54, 1.807) is 19.2 Å². The molecule has 26 heavy (non-hydrogen) atoms. The second kappa shape index (κ2) is 11.9. The first-order valence-corrected chi connectivity index (χ1v) is 8.62. The van der Waals surface area contributed by atoms with E-state index in [1.807, 2.05) is 37.3 Å². The number of nitrogens with zero attached hydrogens (tertiary/aromatic N) is 1. The largest absolute Gasteiger partial charge is 0.508 e. The lowest BCUT2D eigenvalue weighted by atomic mass is 10.1. The number of ether oxygens (including phenoxy) is 1. The number of guanidine groups is 1. The maximum atomic E-state index is 9.51. The van der Waals surface area contributed by atoms with Crippen LogP contribution in [0.5, 0.6) is 11.5 Å². The van der Waals surface area contributed by atoms with Gasteiger partial charge in [0, 0.05) is 18.1 Å². The van der Waals surface area contributed by atoms with Crippen LogP contribution in [0.2, 0.25) is 5.02 Å². The number of methoxy groups -OCH3 is 1. The zero-order valence-electron chi connectivity index (χ0n) is 15.0. The number of hydrogen-bond donors (Lipinski definition) is 3. The number of halogens is 2. The van der Waals surface area contributed by atoms with Crippen LogP contribution < -0.4 is 15.4 Å². The number of phenolic OH excluding ortho intramolecular Hbond substituents is 1. The molecule has 2 aromatic rings. The van der Waals surface area contributed by atoms with Crippen molar-refractivity contribution in [1.29, 1.82) is 0 Å². The van der Waals surface area contributed by atoms with Crippen molar-refractivity contribution in [3.63, 3.8) is 0 Å². The molecule has 0 spiro atoms. The van der Waals surface area contributed by atoms with Crippen molar-refractivity contribution >= 4 is 41.5 Å². The summed E-state index contributed by atoms with van der Waals surface area (Å²) in [4.78, 5) is 4.54. The summed E-state index contributed by atoms with van der Waals surface area (Å²) in [5.74, 6) is 1.73. The molecule has 7 heteroatoms. The molecule has 0 aliphatic heterocycles. The number of aliphatic imine (C=N–C) groups is 1. The molecule has 0 unspecified atom stereocenters. The first-order valence-electron chi connectivity index (χ1n) is 8.25. The Bertz CT molecular complexity index is 726. The summed E-state index contributed by atoms with van der Waals surface area (Å²) in [7, 11) is 1.62. The van der Waals surface area contributed by atoms with Gasteiger partial charge in [-0.3, -0.25) is 0 Å². The molecule has 2 aromatic carbocycles. The van der Waals surface area contributed by atoms with E-state index >= 15 is 0 Å². The standard InChI is InChI=1S/C19H24ClN3O2.HI/c1-3-21-19(23-13-14-5-4-6-16(24)11-14)22-10-9-15-7-8-17(25-2)12-18(15)20;/h4-8,11-12,24H,3,9-10,13H2,1-2H3,(H2,21,22,23);1H. The summed E-state index contributed by atoms with van der Waals surface area (Å²) in [6.07, 6.45) is 0.777. The predicted molar refractivity (Wildman–Crippen MR) is 118 cm³/mol. The number of rotatable bonds is 7. The highest BCUT2D eigenvalue weighted by molar-refractivity contribution is 14.0. The van der Waals surface area contributed by atoms with Crippen molar-refractivity contribution in [2.24, 2.45) is 4.99 Å². The molecule has 0 atom stereocenters. The van der Waals surface area contributed by atoms with Gasteiger partial charge in [-0.15, -0.1) is 24.0 Å². The van der Waals surface area contributed by atoms with Crippen LogP contribution in [0.4, 0.5) is 0 Å². The molecular formula is C19H25ClIN3O2. The Kier molecular flexibility index (Phi) is 10.2. The zero-order valence-corrected chi connectivity index (χ0v) is 18.0. The van der Waals surface area contributed by atoms with E-state index in [1.165, 1.54) is 0 Å². The highest BCUT2D eigenvalue weighted by Gasteiger charge is 2.04. The number of aromatic hydroxyl groups is 1. The summed E-state index contributed by atoms with van der Waals surface area (Å²) >= 11 is 6.26. The molecule has 0 aromatic heterocycles. The quantitative estimate of drug-likeness (QED) is 0.313. The molecule has 0 radical (unpaired) electrons. The van der Waals surface area contributed by atoms with E-state index in [9.17, 15) is 5.11 Å². The van der Waals surface area contributed by atoms with Gasteiger partial charge in [-0.25, -0.2) is 4.99 Å². The molecule has 2 rings (SSSR count). The van der Waals surface area contributed by atoms with Crippen LogP contribution in [0, 0.1) is 0 Å². The Balaban J connectivity index is 0.00000338. The first kappa shape index (κ1) is 22.4. The molecule has 5 nitrogen and oxygen atoms in total. The molecule has 0 bridgehead atoms. The minimum atomic E-state index is 0. The number of benzene rings is 2. The van der Waals surface area contributed by atoms with Crippen LogP contribution >= 0.6 is 35.6 Å². The normalized spacial score (nSPS) is 10.8. The Morgan fingerprint density at radius 1 is 1.19 bits per heavy atom. The van der Waals surface area contributed by atoms with Gasteiger partial charge in [-0.2, -0.15) is 0 Å². The third-order valence-corrected chi connectivity index (χ3v) is 3.97. The van der Waals surface area contributed by atoms with Gasteiger partial charge in [0.1, 0.15) is 11.5 Å². The van der Waals surface area contributed by atoms with Crippen molar-refractivity contribution in [1.82, 2.24) is 10.6 Å². The van der Waals surface area contributed by atoms with Gasteiger partial charge in [0.05, 0.1) is 13.7 Å². The molecule has 3 N–H and O–H groups in total. The van der Waals surface area contributed by atoms with Gasteiger partial charge in [0.25, 0.3) is 0 Å². The molecule has 0 heterocycles. The highest BCUT2D eigenvalue weighted by atomic mass is 127. The Morgan fingerprint density at radius 3 is 2.65 bits per heavy atom. The molecule has 0 saturated carbocycles. The van der Waals surface area contributed by atoms with Crippen LogP contribution in [0.15, 0.2) is 47.5 Å². The number of phenols is 1. The fourth-order valence-corrected chi connectivity index (χ4v) is 2.61. The van der Waals surface area contributed by atoms with E-state index in [-0.39, 0.29) is 29.7 Å². The van der Waals surface area contributed by atoms with E-state index in [0.29, 0.717) is 18.1 Å². The Morgan fingerprint density at radius 2 is 2.00 bits per heavy atom. The fraction of sp³-hybridized carbons (Fsp3) is 0.316. The molecule has 0 fully saturated rings. The van der Waals surface area contributed by atoms with Gasteiger partial charge in [0.2, 0.25) is 0 Å². The highest BCUT2D eigenvalue weighted by Crippen LogP contribution is 2.22. The van der Waals surface area contributed by atoms with E-state index < -0.39 is 0 Å². The van der Waals surface area contributed by atoms with Crippen molar-refractivity contribution in [2.45, 2.75) is 19.9 Å². The summed E-state index contributed by atoms with van der Waals surface area (Å²) in [6, 6.07) is 12.8. The van der Waals surface area contributed by atoms with E-state index in [2.05, 4.69) is 15.6 Å². The summed E-state index contributed by atoms with van der Waals surface area (Å²) < 4.78 is 5.16. The van der Waals surface area contributed by atoms with E-state index in [0.717, 1.165) is 35.8 Å². The monoisotopic (exact) mass is 489 g/mol. The topological polar surface area (TPSA) is 65.9 Å². The summed E-state index contributed by atoms with van der Waals surface area (Å²) in [5.41, 5.74) is 2.01. The SMILES string of the molecule is CCNC(=NCc1cccc(O)c1)NCCc1ccc(OC)cc1Cl.I. The van der Waals surface area contributed by atoms with Gasteiger partial charge >= 0.3 is 0 Å². The van der Waals surface area contributed by atoms with Crippen LogP contribution in [-0.2, 0) is 13.0 Å². The van der Waals surface area contributed by atoms with Crippen LogP contribution in [0.25, 0.3) is 0 Å². The first-order chi connectivity index (χ1) is 12.1. The Hall–Kier alpha value is -1.67. The minimum absolute atomic E-state index is 0. The average molecular weight is 490 g/mol.